The van der Waals surface area contributed by atoms with Crippen molar-refractivity contribution in [1.29, 1.82) is 0 Å². The molecule has 1 aliphatic rings. The number of benzene rings is 1. The van der Waals surface area contributed by atoms with E-state index in [0.717, 1.165) is 30.6 Å². The molecule has 1 amide bonds. The summed E-state index contributed by atoms with van der Waals surface area (Å²) in [5, 5.41) is 3.03. The van der Waals surface area contributed by atoms with Crippen molar-refractivity contribution in [2.24, 2.45) is 0 Å². The molecule has 1 fully saturated rings. The first-order valence-corrected chi connectivity index (χ1v) is 6.62. The molecule has 3 nitrogen and oxygen atoms in total. The van der Waals surface area contributed by atoms with E-state index in [-0.39, 0.29) is 18.1 Å². The Morgan fingerprint density at radius 2 is 2.28 bits per heavy atom. The first-order valence-electron chi connectivity index (χ1n) is 6.62. The van der Waals surface area contributed by atoms with Gasteiger partial charge in [-0.25, -0.2) is 0 Å². The molecule has 0 saturated carbocycles. The summed E-state index contributed by atoms with van der Waals surface area (Å²) in [5.41, 5.74) is 2.26. The highest BCUT2D eigenvalue weighted by Gasteiger charge is 2.23. The molecule has 0 aromatic heterocycles. The van der Waals surface area contributed by atoms with Crippen molar-refractivity contribution in [3.8, 4) is 0 Å². The second kappa shape index (κ2) is 6.01. The van der Waals surface area contributed by atoms with Gasteiger partial charge in [-0.2, -0.15) is 0 Å². The fourth-order valence-corrected chi connectivity index (χ4v) is 2.38. The van der Waals surface area contributed by atoms with Crippen molar-refractivity contribution in [1.82, 2.24) is 5.32 Å². The van der Waals surface area contributed by atoms with Crippen LogP contribution in [0.3, 0.4) is 0 Å². The van der Waals surface area contributed by atoms with Crippen molar-refractivity contribution in [2.45, 2.75) is 45.3 Å². The molecule has 3 heteroatoms. The van der Waals surface area contributed by atoms with Gasteiger partial charge in [0.15, 0.2) is 0 Å². The number of amides is 1. The van der Waals surface area contributed by atoms with Crippen LogP contribution >= 0.6 is 0 Å². The van der Waals surface area contributed by atoms with Gasteiger partial charge in [-0.1, -0.05) is 24.3 Å². The Labute approximate surface area is 109 Å². The number of hydrogen-bond acceptors (Lipinski definition) is 2. The minimum Gasteiger partial charge on any atom is -0.376 e. The number of rotatable bonds is 4. The molecule has 1 heterocycles. The molecule has 0 bridgehead atoms. The van der Waals surface area contributed by atoms with Crippen molar-refractivity contribution in [2.75, 3.05) is 6.61 Å². The molecule has 0 aliphatic carbocycles. The van der Waals surface area contributed by atoms with Gasteiger partial charge >= 0.3 is 0 Å². The van der Waals surface area contributed by atoms with Gasteiger partial charge in [-0.3, -0.25) is 4.79 Å². The third-order valence-electron chi connectivity index (χ3n) is 3.52. The first-order chi connectivity index (χ1) is 8.66. The van der Waals surface area contributed by atoms with Gasteiger partial charge in [0, 0.05) is 6.61 Å². The summed E-state index contributed by atoms with van der Waals surface area (Å²) in [6.45, 7) is 4.88. The van der Waals surface area contributed by atoms with E-state index in [9.17, 15) is 4.79 Å². The van der Waals surface area contributed by atoms with Crippen LogP contribution in [-0.2, 0) is 16.0 Å². The van der Waals surface area contributed by atoms with Gasteiger partial charge in [-0.15, -0.1) is 0 Å². The maximum Gasteiger partial charge on any atom is 0.224 e. The Bertz CT molecular complexity index is 411. The highest BCUT2D eigenvalue weighted by Crippen LogP contribution is 2.15. The summed E-state index contributed by atoms with van der Waals surface area (Å²) < 4.78 is 5.57. The van der Waals surface area contributed by atoms with Crippen LogP contribution in [-0.4, -0.2) is 24.7 Å². The molecule has 1 aliphatic heterocycles. The predicted molar refractivity (Wildman–Crippen MR) is 71.5 cm³/mol. The molecule has 98 valence electrons. The lowest BCUT2D eigenvalue weighted by molar-refractivity contribution is -0.121. The van der Waals surface area contributed by atoms with Gasteiger partial charge in [-0.05, 0) is 37.8 Å². The van der Waals surface area contributed by atoms with Crippen LogP contribution in [0.5, 0.6) is 0 Å². The average Bonchev–Trinajstić information content (AvgIpc) is 2.85. The molecule has 2 rings (SSSR count). The lowest BCUT2D eigenvalue weighted by Crippen LogP contribution is -2.41. The summed E-state index contributed by atoms with van der Waals surface area (Å²) in [5.74, 6) is 0.0762. The van der Waals surface area contributed by atoms with Crippen LogP contribution in [0.15, 0.2) is 24.3 Å². The number of nitrogens with one attached hydrogen (secondary N) is 1. The second-order valence-corrected chi connectivity index (χ2v) is 5.01. The normalized spacial score (nSPS) is 20.7. The van der Waals surface area contributed by atoms with Crippen molar-refractivity contribution in [3.63, 3.8) is 0 Å². The van der Waals surface area contributed by atoms with Crippen molar-refractivity contribution in [3.05, 3.63) is 35.4 Å². The molecule has 0 spiro atoms. The topological polar surface area (TPSA) is 38.3 Å². The monoisotopic (exact) mass is 247 g/mol. The van der Waals surface area contributed by atoms with Crippen LogP contribution in [0.25, 0.3) is 0 Å². The standard InChI is InChI=1S/C15H21NO2/c1-11-6-3-4-7-13(11)10-15(17)16-12(2)14-8-5-9-18-14/h3-4,6-7,12,14H,5,8-10H2,1-2H3,(H,16,17)/t12-,14+/m0/s1. The Hall–Kier alpha value is -1.35. The summed E-state index contributed by atoms with van der Waals surface area (Å²) in [4.78, 5) is 12.0. The fraction of sp³-hybridized carbons (Fsp3) is 0.533. The second-order valence-electron chi connectivity index (χ2n) is 5.01. The van der Waals surface area contributed by atoms with Crippen LogP contribution < -0.4 is 5.32 Å². The van der Waals surface area contributed by atoms with E-state index >= 15 is 0 Å². The third kappa shape index (κ3) is 3.33. The lowest BCUT2D eigenvalue weighted by atomic mass is 10.0. The molecular formula is C15H21NO2. The minimum absolute atomic E-state index is 0.0762. The van der Waals surface area contributed by atoms with Crippen molar-refractivity contribution < 1.29 is 9.53 Å². The zero-order valence-electron chi connectivity index (χ0n) is 11.1. The van der Waals surface area contributed by atoms with E-state index in [1.165, 1.54) is 0 Å². The predicted octanol–water partition coefficient (Wildman–Crippen LogP) is 2.22. The van der Waals surface area contributed by atoms with Crippen molar-refractivity contribution >= 4 is 5.91 Å². The number of aryl methyl sites for hydroxylation is 1. The van der Waals surface area contributed by atoms with Gasteiger partial charge in [0.05, 0.1) is 18.6 Å². The number of carbonyl (C=O) groups excluding carboxylic acids is 1. The van der Waals surface area contributed by atoms with E-state index in [2.05, 4.69) is 5.32 Å². The van der Waals surface area contributed by atoms with E-state index in [0.29, 0.717) is 6.42 Å². The molecule has 2 atom stereocenters. The Morgan fingerprint density at radius 1 is 1.50 bits per heavy atom. The van der Waals surface area contributed by atoms with Gasteiger partial charge in [0.25, 0.3) is 0 Å². The summed E-state index contributed by atoms with van der Waals surface area (Å²) >= 11 is 0. The third-order valence-corrected chi connectivity index (χ3v) is 3.52. The molecule has 0 unspecified atom stereocenters. The molecule has 1 N–H and O–H groups in total. The van der Waals surface area contributed by atoms with Gasteiger partial charge < -0.3 is 10.1 Å². The van der Waals surface area contributed by atoms with Crippen LogP contribution in [0, 0.1) is 6.92 Å². The number of ether oxygens (including phenoxy) is 1. The van der Waals surface area contributed by atoms with Crippen LogP contribution in [0.1, 0.15) is 30.9 Å². The highest BCUT2D eigenvalue weighted by molar-refractivity contribution is 5.79. The molecule has 1 saturated heterocycles. The minimum atomic E-state index is 0.0762. The van der Waals surface area contributed by atoms with Crippen LogP contribution in [0.4, 0.5) is 0 Å². The summed E-state index contributed by atoms with van der Waals surface area (Å²) in [6.07, 6.45) is 2.78. The maximum absolute atomic E-state index is 12.0. The van der Waals surface area contributed by atoms with E-state index in [4.69, 9.17) is 4.74 Å². The Kier molecular flexibility index (Phi) is 4.37. The Morgan fingerprint density at radius 3 is 2.94 bits per heavy atom. The smallest absolute Gasteiger partial charge is 0.224 e. The summed E-state index contributed by atoms with van der Waals surface area (Å²) in [6, 6.07) is 8.10. The van der Waals surface area contributed by atoms with Gasteiger partial charge in [0.2, 0.25) is 5.91 Å². The largest absolute Gasteiger partial charge is 0.376 e. The summed E-state index contributed by atoms with van der Waals surface area (Å²) in [7, 11) is 0. The highest BCUT2D eigenvalue weighted by atomic mass is 16.5. The molecule has 1 aromatic carbocycles. The number of carbonyl (C=O) groups is 1. The molecule has 1 aromatic rings. The van der Waals surface area contributed by atoms with E-state index in [1.807, 2.05) is 38.1 Å². The SMILES string of the molecule is Cc1ccccc1CC(=O)N[C@@H](C)[C@H]1CCCO1. The fourth-order valence-electron chi connectivity index (χ4n) is 2.38. The number of hydrogen-bond donors (Lipinski definition) is 1. The average molecular weight is 247 g/mol. The molecular weight excluding hydrogens is 226 g/mol. The molecule has 18 heavy (non-hydrogen) atoms. The Balaban J connectivity index is 1.86. The zero-order chi connectivity index (χ0) is 13.0. The molecule has 0 radical (unpaired) electrons. The van der Waals surface area contributed by atoms with E-state index in [1.54, 1.807) is 0 Å². The lowest BCUT2D eigenvalue weighted by Gasteiger charge is -2.20. The maximum atomic E-state index is 12.0. The van der Waals surface area contributed by atoms with Gasteiger partial charge in [0.1, 0.15) is 0 Å². The van der Waals surface area contributed by atoms with Crippen LogP contribution in [0.2, 0.25) is 0 Å². The van der Waals surface area contributed by atoms with E-state index < -0.39 is 0 Å². The zero-order valence-corrected chi connectivity index (χ0v) is 11.1. The first kappa shape index (κ1) is 13.1. The quantitative estimate of drug-likeness (QED) is 0.886.